The molecule has 0 aromatic rings. The Morgan fingerprint density at radius 2 is 2.20 bits per heavy atom. The van der Waals surface area contributed by atoms with Gasteiger partial charge in [0.1, 0.15) is 0 Å². The summed E-state index contributed by atoms with van der Waals surface area (Å²) in [6, 6.07) is 0. The molecule has 0 aliphatic carbocycles. The minimum absolute atomic E-state index is 0. The van der Waals surface area contributed by atoms with Gasteiger partial charge in [-0.1, -0.05) is 6.92 Å². The normalized spacial score (nSPS) is 23.9. The van der Waals surface area contributed by atoms with E-state index in [0.717, 1.165) is 6.42 Å². The lowest BCUT2D eigenvalue weighted by molar-refractivity contribution is -0.125. The minimum atomic E-state index is -0.133. The monoisotopic (exact) mass is 144 g/mol. The highest BCUT2D eigenvalue weighted by atomic mass is 16.2. The molecule has 0 aromatic heterocycles. The molecule has 0 bridgehead atoms. The predicted molar refractivity (Wildman–Crippen MR) is 36.6 cm³/mol. The second-order valence-corrected chi connectivity index (χ2v) is 2.22. The van der Waals surface area contributed by atoms with Crippen molar-refractivity contribution in [1.29, 1.82) is 0 Å². The Hall–Kier alpha value is -0.900. The number of imide groups is 1. The molecule has 1 aliphatic heterocycles. The summed E-state index contributed by atoms with van der Waals surface area (Å²) in [7, 11) is 0. The van der Waals surface area contributed by atoms with Crippen molar-refractivity contribution in [2.45, 2.75) is 19.8 Å². The van der Waals surface area contributed by atoms with Gasteiger partial charge in [0, 0.05) is 12.3 Å². The largest absolute Gasteiger partial charge is 0.344 e. The summed E-state index contributed by atoms with van der Waals surface area (Å²) in [4.78, 5) is 21.2. The quantitative estimate of drug-likeness (QED) is 0.516. The number of hydrogen-bond donors (Lipinski definition) is 2. The van der Waals surface area contributed by atoms with E-state index in [9.17, 15) is 9.59 Å². The lowest BCUT2D eigenvalue weighted by Crippen LogP contribution is -2.21. The molecule has 58 valence electrons. The molecule has 4 N–H and O–H groups in total. The number of carbonyl (C=O) groups is 2. The number of hydrogen-bond acceptors (Lipinski definition) is 3. The van der Waals surface area contributed by atoms with Crippen LogP contribution in [0.5, 0.6) is 0 Å². The first-order valence-electron chi connectivity index (χ1n) is 3.07. The molecule has 1 atom stereocenters. The van der Waals surface area contributed by atoms with E-state index in [1.54, 1.807) is 0 Å². The maximum absolute atomic E-state index is 10.7. The lowest BCUT2D eigenvalue weighted by atomic mass is 10.1. The van der Waals surface area contributed by atoms with Crippen LogP contribution >= 0.6 is 0 Å². The molecule has 1 fully saturated rings. The van der Waals surface area contributed by atoms with Gasteiger partial charge in [-0.15, -0.1) is 0 Å². The van der Waals surface area contributed by atoms with Crippen LogP contribution in [0, 0.1) is 5.92 Å². The third-order valence-corrected chi connectivity index (χ3v) is 1.56. The van der Waals surface area contributed by atoms with Crippen molar-refractivity contribution < 1.29 is 9.59 Å². The average molecular weight is 144 g/mol. The Morgan fingerprint density at radius 3 is 2.40 bits per heavy atom. The summed E-state index contributed by atoms with van der Waals surface area (Å²) in [5.41, 5.74) is 0. The van der Waals surface area contributed by atoms with Crippen LogP contribution in [0.4, 0.5) is 0 Å². The lowest BCUT2D eigenvalue weighted by Gasteiger charge is -1.96. The third kappa shape index (κ3) is 1.54. The molecule has 2 amide bonds. The van der Waals surface area contributed by atoms with E-state index in [1.807, 2.05) is 6.92 Å². The van der Waals surface area contributed by atoms with Crippen molar-refractivity contribution in [2.24, 2.45) is 5.92 Å². The van der Waals surface area contributed by atoms with E-state index in [2.05, 4.69) is 5.32 Å². The summed E-state index contributed by atoms with van der Waals surface area (Å²) in [6.45, 7) is 1.91. The van der Waals surface area contributed by atoms with Crippen molar-refractivity contribution in [3.05, 3.63) is 0 Å². The molecule has 4 nitrogen and oxygen atoms in total. The minimum Gasteiger partial charge on any atom is -0.344 e. The molecule has 1 heterocycles. The molecule has 1 saturated heterocycles. The van der Waals surface area contributed by atoms with Crippen LogP contribution in [-0.4, -0.2) is 11.8 Å². The van der Waals surface area contributed by atoms with Crippen molar-refractivity contribution in [2.75, 3.05) is 0 Å². The summed E-state index contributed by atoms with van der Waals surface area (Å²) >= 11 is 0. The fraction of sp³-hybridized carbons (Fsp3) is 0.667. The molecule has 10 heavy (non-hydrogen) atoms. The molecule has 4 heteroatoms. The summed E-state index contributed by atoms with van der Waals surface area (Å²) in [5.74, 6) is -0.299. The topological polar surface area (TPSA) is 81.2 Å². The summed E-state index contributed by atoms with van der Waals surface area (Å²) in [6.07, 6.45) is 1.15. The first-order chi connectivity index (χ1) is 4.24. The van der Waals surface area contributed by atoms with Gasteiger partial charge in [0.15, 0.2) is 0 Å². The zero-order valence-corrected chi connectivity index (χ0v) is 6.02. The van der Waals surface area contributed by atoms with Gasteiger partial charge in [-0.3, -0.25) is 14.9 Å². The van der Waals surface area contributed by atoms with Gasteiger partial charge in [-0.2, -0.15) is 0 Å². The maximum atomic E-state index is 10.7. The van der Waals surface area contributed by atoms with Crippen LogP contribution < -0.4 is 11.5 Å². The van der Waals surface area contributed by atoms with Crippen LogP contribution in [0.3, 0.4) is 0 Å². The van der Waals surface area contributed by atoms with Crippen LogP contribution in [0.15, 0.2) is 0 Å². The Kier molecular flexibility index (Phi) is 3.02. The smallest absolute Gasteiger partial charge is 0.230 e. The van der Waals surface area contributed by atoms with E-state index in [4.69, 9.17) is 0 Å². The highest BCUT2D eigenvalue weighted by molar-refractivity contribution is 6.03. The van der Waals surface area contributed by atoms with E-state index in [0.29, 0.717) is 6.42 Å². The second-order valence-electron chi connectivity index (χ2n) is 2.22. The summed E-state index contributed by atoms with van der Waals surface area (Å²) < 4.78 is 0. The number of carbonyl (C=O) groups excluding carboxylic acids is 2. The third-order valence-electron chi connectivity index (χ3n) is 1.56. The van der Waals surface area contributed by atoms with Crippen LogP contribution in [0.1, 0.15) is 19.8 Å². The van der Waals surface area contributed by atoms with Gasteiger partial charge in [-0.25, -0.2) is 0 Å². The van der Waals surface area contributed by atoms with Gasteiger partial charge in [0.25, 0.3) is 0 Å². The highest BCUT2D eigenvalue weighted by Gasteiger charge is 2.28. The van der Waals surface area contributed by atoms with E-state index in [-0.39, 0.29) is 23.9 Å². The second kappa shape index (κ2) is 3.31. The van der Waals surface area contributed by atoms with E-state index >= 15 is 0 Å². The molecule has 1 rings (SSSR count). The molecular formula is C6H12N2O2. The van der Waals surface area contributed by atoms with Crippen molar-refractivity contribution >= 4 is 11.8 Å². The van der Waals surface area contributed by atoms with E-state index < -0.39 is 0 Å². The Balaban J connectivity index is 0.000000810. The Bertz CT molecular complexity index is 156. The first kappa shape index (κ1) is 9.10. The van der Waals surface area contributed by atoms with Gasteiger partial charge in [0.2, 0.25) is 11.8 Å². The van der Waals surface area contributed by atoms with Crippen LogP contribution in [0.2, 0.25) is 0 Å². The van der Waals surface area contributed by atoms with Crippen molar-refractivity contribution in [1.82, 2.24) is 11.5 Å². The van der Waals surface area contributed by atoms with Crippen LogP contribution in [0.25, 0.3) is 0 Å². The average Bonchev–Trinajstić information content (AvgIpc) is 2.10. The highest BCUT2D eigenvalue weighted by Crippen LogP contribution is 2.13. The standard InChI is InChI=1S/C6H9NO2.H3N/c1-2-4-3-5(8)7-6(4)9;/h4H,2-3H2,1H3,(H,7,8,9);1H3. The van der Waals surface area contributed by atoms with Gasteiger partial charge >= 0.3 is 0 Å². The SMILES string of the molecule is CCC1CC(=O)NC1=O.N. The molecule has 0 aromatic carbocycles. The molecule has 1 aliphatic rings. The maximum Gasteiger partial charge on any atom is 0.230 e. The predicted octanol–water partition coefficient (Wildman–Crippen LogP) is 0.221. The van der Waals surface area contributed by atoms with Gasteiger partial charge < -0.3 is 6.15 Å². The van der Waals surface area contributed by atoms with Crippen LogP contribution in [-0.2, 0) is 9.59 Å². The molecule has 0 radical (unpaired) electrons. The summed E-state index contributed by atoms with van der Waals surface area (Å²) in [5, 5.41) is 2.24. The van der Waals surface area contributed by atoms with Crippen molar-refractivity contribution in [3.63, 3.8) is 0 Å². The molecule has 1 unspecified atom stereocenters. The van der Waals surface area contributed by atoms with Gasteiger partial charge in [0.05, 0.1) is 0 Å². The molecular weight excluding hydrogens is 132 g/mol. The zero-order valence-electron chi connectivity index (χ0n) is 6.02. The van der Waals surface area contributed by atoms with E-state index in [1.165, 1.54) is 0 Å². The molecule has 0 saturated carbocycles. The fourth-order valence-electron chi connectivity index (χ4n) is 0.937. The molecule has 0 spiro atoms. The zero-order chi connectivity index (χ0) is 6.85. The Morgan fingerprint density at radius 1 is 1.60 bits per heavy atom. The van der Waals surface area contributed by atoms with Crippen molar-refractivity contribution in [3.8, 4) is 0 Å². The number of amides is 2. The number of nitrogens with one attached hydrogen (secondary N) is 1. The fourth-order valence-corrected chi connectivity index (χ4v) is 0.937. The first-order valence-corrected chi connectivity index (χ1v) is 3.07. The number of rotatable bonds is 1. The Labute approximate surface area is 59.6 Å². The van der Waals surface area contributed by atoms with Gasteiger partial charge in [-0.05, 0) is 6.42 Å².